The van der Waals surface area contributed by atoms with Crippen LogP contribution < -0.4 is 15.8 Å². The van der Waals surface area contributed by atoms with E-state index in [9.17, 15) is 21.6 Å². The first-order valence-electron chi connectivity index (χ1n) is 7.73. The first-order valence-corrected chi connectivity index (χ1v) is 10.8. The smallest absolute Gasteiger partial charge is 0.241 e. The third kappa shape index (κ3) is 6.36. The molecule has 0 saturated carbocycles. The third-order valence-electron chi connectivity index (χ3n) is 3.28. The van der Waals surface area contributed by atoms with Crippen molar-refractivity contribution in [1.29, 1.82) is 0 Å². The number of rotatable bonds is 10. The monoisotopic (exact) mass is 392 g/mol. The zero-order valence-electron chi connectivity index (χ0n) is 14.2. The number of carbonyl (C=O) groups is 1. The molecule has 1 aromatic rings. The number of hydrogen-bond acceptors (Lipinski definition) is 6. The summed E-state index contributed by atoms with van der Waals surface area (Å²) >= 11 is 0. The third-order valence-corrected chi connectivity index (χ3v) is 6.67. The standard InChI is InChI=1S/C14H24N4O5S2/c1-3-18(4-2)24(20,21)11-14(19)17-12-6-5-7-13(10-12)25(22,23)16-9-8-15/h5-7,10,16H,3-4,8-9,11,15H2,1-2H3,(H,17,19). The molecule has 1 aromatic carbocycles. The van der Waals surface area contributed by atoms with Crippen molar-refractivity contribution in [1.82, 2.24) is 9.03 Å². The molecule has 0 aliphatic carbocycles. The summed E-state index contributed by atoms with van der Waals surface area (Å²) in [7, 11) is -7.46. The first-order chi connectivity index (χ1) is 11.7. The Morgan fingerprint density at radius 1 is 1.16 bits per heavy atom. The van der Waals surface area contributed by atoms with E-state index in [2.05, 4.69) is 10.0 Å². The Kier molecular flexibility index (Phi) is 7.96. The summed E-state index contributed by atoms with van der Waals surface area (Å²) in [6.07, 6.45) is 0. The van der Waals surface area contributed by atoms with Gasteiger partial charge in [-0.25, -0.2) is 25.9 Å². The highest BCUT2D eigenvalue weighted by molar-refractivity contribution is 7.90. The van der Waals surface area contributed by atoms with E-state index < -0.39 is 31.7 Å². The van der Waals surface area contributed by atoms with Gasteiger partial charge >= 0.3 is 0 Å². The van der Waals surface area contributed by atoms with Gasteiger partial charge in [0.25, 0.3) is 0 Å². The largest absolute Gasteiger partial charge is 0.329 e. The highest BCUT2D eigenvalue weighted by atomic mass is 32.2. The molecule has 4 N–H and O–H groups in total. The predicted molar refractivity (Wildman–Crippen MR) is 96.0 cm³/mol. The second-order valence-corrected chi connectivity index (χ2v) is 8.84. The molecular formula is C14H24N4O5S2. The molecule has 1 rings (SSSR count). The van der Waals surface area contributed by atoms with Gasteiger partial charge in [0.1, 0.15) is 5.75 Å². The lowest BCUT2D eigenvalue weighted by Gasteiger charge is -2.18. The van der Waals surface area contributed by atoms with Gasteiger partial charge in [0.15, 0.2) is 0 Å². The SMILES string of the molecule is CCN(CC)S(=O)(=O)CC(=O)Nc1cccc(S(=O)(=O)NCCN)c1. The van der Waals surface area contributed by atoms with Gasteiger partial charge in [-0.05, 0) is 18.2 Å². The lowest BCUT2D eigenvalue weighted by molar-refractivity contribution is -0.113. The molecule has 25 heavy (non-hydrogen) atoms. The second kappa shape index (κ2) is 9.25. The van der Waals surface area contributed by atoms with Crippen LogP contribution in [0.4, 0.5) is 5.69 Å². The maximum atomic E-state index is 12.1. The normalized spacial score (nSPS) is 12.3. The minimum absolute atomic E-state index is 0.0506. The molecule has 0 aliphatic rings. The van der Waals surface area contributed by atoms with Gasteiger partial charge < -0.3 is 11.1 Å². The van der Waals surface area contributed by atoms with Crippen molar-refractivity contribution in [2.24, 2.45) is 5.73 Å². The van der Waals surface area contributed by atoms with Crippen LogP contribution in [0.15, 0.2) is 29.2 Å². The summed E-state index contributed by atoms with van der Waals surface area (Å²) in [5.74, 6) is -1.45. The Hall–Kier alpha value is -1.53. The maximum absolute atomic E-state index is 12.1. The highest BCUT2D eigenvalue weighted by Gasteiger charge is 2.23. The zero-order valence-corrected chi connectivity index (χ0v) is 15.9. The lowest BCUT2D eigenvalue weighted by Crippen LogP contribution is -2.36. The summed E-state index contributed by atoms with van der Waals surface area (Å²) in [5, 5.41) is 2.41. The van der Waals surface area contributed by atoms with E-state index in [-0.39, 0.29) is 36.8 Å². The van der Waals surface area contributed by atoms with E-state index in [1.165, 1.54) is 28.6 Å². The number of carbonyl (C=O) groups excluding carboxylic acids is 1. The second-order valence-electron chi connectivity index (χ2n) is 5.10. The molecule has 0 atom stereocenters. The molecule has 11 heteroatoms. The van der Waals surface area contributed by atoms with Crippen molar-refractivity contribution in [2.45, 2.75) is 18.7 Å². The Labute approximate surface area is 148 Å². The molecule has 0 saturated heterocycles. The van der Waals surface area contributed by atoms with Crippen molar-refractivity contribution in [3.05, 3.63) is 24.3 Å². The molecule has 142 valence electrons. The van der Waals surface area contributed by atoms with Crippen molar-refractivity contribution < 1.29 is 21.6 Å². The number of amides is 1. The predicted octanol–water partition coefficient (Wildman–Crippen LogP) is -0.466. The Morgan fingerprint density at radius 3 is 2.36 bits per heavy atom. The first kappa shape index (κ1) is 21.5. The van der Waals surface area contributed by atoms with Crippen molar-refractivity contribution >= 4 is 31.6 Å². The number of sulfonamides is 2. The van der Waals surface area contributed by atoms with Gasteiger partial charge in [-0.1, -0.05) is 19.9 Å². The molecule has 0 aliphatic heterocycles. The Bertz CT molecular complexity index is 789. The zero-order chi connectivity index (χ0) is 19.1. The molecule has 9 nitrogen and oxygen atoms in total. The molecule has 1 amide bonds. The van der Waals surface area contributed by atoms with Crippen LogP contribution in [0.25, 0.3) is 0 Å². The maximum Gasteiger partial charge on any atom is 0.241 e. The number of hydrogen-bond donors (Lipinski definition) is 3. The summed E-state index contributed by atoms with van der Waals surface area (Å²) in [4.78, 5) is 11.9. The van der Waals surface area contributed by atoms with Crippen LogP contribution in [0, 0.1) is 0 Å². The summed E-state index contributed by atoms with van der Waals surface area (Å²) in [5.41, 5.74) is 5.46. The average molecular weight is 393 g/mol. The van der Waals surface area contributed by atoms with Crippen LogP contribution in [0.2, 0.25) is 0 Å². The highest BCUT2D eigenvalue weighted by Crippen LogP contribution is 2.15. The average Bonchev–Trinajstić information content (AvgIpc) is 2.53. The van der Waals surface area contributed by atoms with Crippen LogP contribution in [0.3, 0.4) is 0 Å². The minimum atomic E-state index is -3.74. The van der Waals surface area contributed by atoms with Gasteiger partial charge in [0, 0.05) is 31.9 Å². The van der Waals surface area contributed by atoms with Gasteiger partial charge in [0.2, 0.25) is 26.0 Å². The van der Waals surface area contributed by atoms with E-state index >= 15 is 0 Å². The van der Waals surface area contributed by atoms with Crippen LogP contribution in [0.1, 0.15) is 13.8 Å². The van der Waals surface area contributed by atoms with Gasteiger partial charge in [-0.3, -0.25) is 4.79 Å². The quantitative estimate of drug-likeness (QED) is 0.492. The Morgan fingerprint density at radius 2 is 1.80 bits per heavy atom. The van der Waals surface area contributed by atoms with Crippen LogP contribution in [0.5, 0.6) is 0 Å². The van der Waals surface area contributed by atoms with Crippen LogP contribution in [-0.2, 0) is 24.8 Å². The summed E-state index contributed by atoms with van der Waals surface area (Å²) in [6.45, 7) is 4.14. The number of benzene rings is 1. The van der Waals surface area contributed by atoms with Gasteiger partial charge in [0.05, 0.1) is 4.90 Å². The molecule has 0 spiro atoms. The molecule has 0 heterocycles. The summed E-state index contributed by atoms with van der Waals surface area (Å²) in [6, 6.07) is 5.54. The van der Waals surface area contributed by atoms with Crippen molar-refractivity contribution in [3.8, 4) is 0 Å². The molecule has 0 bridgehead atoms. The minimum Gasteiger partial charge on any atom is -0.329 e. The number of nitrogens with zero attached hydrogens (tertiary/aromatic N) is 1. The van der Waals surface area contributed by atoms with Crippen LogP contribution in [-0.4, -0.2) is 59.0 Å². The number of anilines is 1. The number of nitrogens with two attached hydrogens (primary N) is 1. The van der Waals surface area contributed by atoms with Gasteiger partial charge in [-0.2, -0.15) is 0 Å². The molecule has 0 aromatic heterocycles. The van der Waals surface area contributed by atoms with E-state index in [4.69, 9.17) is 5.73 Å². The van der Waals surface area contributed by atoms with E-state index in [1.807, 2.05) is 0 Å². The molecule has 0 unspecified atom stereocenters. The van der Waals surface area contributed by atoms with E-state index in [0.717, 1.165) is 0 Å². The van der Waals surface area contributed by atoms with E-state index in [1.54, 1.807) is 13.8 Å². The lowest BCUT2D eigenvalue weighted by atomic mass is 10.3. The topological polar surface area (TPSA) is 139 Å². The molecule has 0 radical (unpaired) electrons. The van der Waals surface area contributed by atoms with E-state index in [0.29, 0.717) is 0 Å². The summed E-state index contributed by atoms with van der Waals surface area (Å²) < 4.78 is 51.7. The van der Waals surface area contributed by atoms with Crippen LogP contribution >= 0.6 is 0 Å². The molecular weight excluding hydrogens is 368 g/mol. The Balaban J connectivity index is 2.87. The fraction of sp³-hybridized carbons (Fsp3) is 0.500. The van der Waals surface area contributed by atoms with Crippen molar-refractivity contribution in [3.63, 3.8) is 0 Å². The van der Waals surface area contributed by atoms with Crippen molar-refractivity contribution in [2.75, 3.05) is 37.2 Å². The fourth-order valence-corrected chi connectivity index (χ4v) is 4.55. The molecule has 0 fully saturated rings. The number of nitrogens with one attached hydrogen (secondary N) is 2. The van der Waals surface area contributed by atoms with Gasteiger partial charge in [-0.15, -0.1) is 0 Å². The fourth-order valence-electron chi connectivity index (χ4n) is 2.09.